The van der Waals surface area contributed by atoms with Gasteiger partial charge in [0, 0.05) is 12.3 Å². The third-order valence-electron chi connectivity index (χ3n) is 3.66. The number of hydrogen-bond donors (Lipinski definition) is 2. The Kier molecular flexibility index (Phi) is 16.5. The lowest BCUT2D eigenvalue weighted by atomic mass is 10.0. The van der Waals surface area contributed by atoms with Gasteiger partial charge in [-0.25, -0.2) is 5.48 Å². The molecule has 0 aromatic heterocycles. The van der Waals surface area contributed by atoms with E-state index in [0.29, 0.717) is 6.42 Å². The van der Waals surface area contributed by atoms with Crippen molar-refractivity contribution in [3.05, 3.63) is 0 Å². The van der Waals surface area contributed by atoms with Crippen molar-refractivity contribution in [2.24, 2.45) is 0 Å². The molecule has 0 aliphatic heterocycles. The van der Waals surface area contributed by atoms with Gasteiger partial charge in [0.15, 0.2) is 0 Å². The third-order valence-corrected chi connectivity index (χ3v) is 3.93. The highest BCUT2D eigenvalue weighted by Crippen LogP contribution is 2.13. The Labute approximate surface area is 129 Å². The number of rotatable bonds is 15. The SMILES string of the molecule is O=C(CCCCCCCCCCCCCCCCl)NO. The fourth-order valence-corrected chi connectivity index (χ4v) is 2.57. The maximum Gasteiger partial charge on any atom is 0.243 e. The fraction of sp³-hybridized carbons (Fsp3) is 0.938. The van der Waals surface area contributed by atoms with Gasteiger partial charge in [-0.05, 0) is 12.8 Å². The molecule has 0 heterocycles. The molecule has 0 aliphatic rings. The van der Waals surface area contributed by atoms with Crippen LogP contribution in [0.15, 0.2) is 0 Å². The Morgan fingerprint density at radius 1 is 0.700 bits per heavy atom. The highest BCUT2D eigenvalue weighted by Gasteiger charge is 1.98. The van der Waals surface area contributed by atoms with E-state index < -0.39 is 0 Å². The average molecular weight is 306 g/mol. The van der Waals surface area contributed by atoms with Crippen LogP contribution in [0.25, 0.3) is 0 Å². The van der Waals surface area contributed by atoms with Gasteiger partial charge in [-0.1, -0.05) is 70.6 Å². The largest absolute Gasteiger partial charge is 0.289 e. The lowest BCUT2D eigenvalue weighted by Crippen LogP contribution is -2.17. The molecule has 2 N–H and O–H groups in total. The van der Waals surface area contributed by atoms with Gasteiger partial charge in [0.1, 0.15) is 0 Å². The second kappa shape index (κ2) is 16.8. The first-order valence-corrected chi connectivity index (χ1v) is 8.83. The van der Waals surface area contributed by atoms with Gasteiger partial charge in [0.05, 0.1) is 0 Å². The minimum atomic E-state index is -0.268. The van der Waals surface area contributed by atoms with E-state index in [2.05, 4.69) is 0 Å². The average Bonchev–Trinajstić information content (AvgIpc) is 2.47. The molecule has 0 atom stereocenters. The van der Waals surface area contributed by atoms with Gasteiger partial charge in [-0.15, -0.1) is 11.6 Å². The molecule has 0 spiro atoms. The molecular formula is C16H32ClNO2. The van der Waals surface area contributed by atoms with Crippen molar-refractivity contribution in [2.75, 3.05) is 5.88 Å². The number of alkyl halides is 1. The van der Waals surface area contributed by atoms with Crippen molar-refractivity contribution in [2.45, 2.75) is 89.9 Å². The zero-order chi connectivity index (χ0) is 14.9. The van der Waals surface area contributed by atoms with E-state index >= 15 is 0 Å². The van der Waals surface area contributed by atoms with Crippen LogP contribution in [0.3, 0.4) is 0 Å². The van der Waals surface area contributed by atoms with E-state index in [0.717, 1.165) is 18.7 Å². The number of amides is 1. The van der Waals surface area contributed by atoms with Crippen LogP contribution in [0.5, 0.6) is 0 Å². The van der Waals surface area contributed by atoms with Crippen LogP contribution in [-0.2, 0) is 4.79 Å². The molecule has 1 amide bonds. The highest BCUT2D eigenvalue weighted by atomic mass is 35.5. The van der Waals surface area contributed by atoms with Crippen molar-refractivity contribution < 1.29 is 10.0 Å². The number of hydroxylamine groups is 1. The van der Waals surface area contributed by atoms with Crippen LogP contribution in [0, 0.1) is 0 Å². The van der Waals surface area contributed by atoms with Crippen LogP contribution in [-0.4, -0.2) is 17.0 Å². The predicted molar refractivity (Wildman–Crippen MR) is 85.3 cm³/mol. The van der Waals surface area contributed by atoms with Crippen molar-refractivity contribution in [1.82, 2.24) is 5.48 Å². The summed E-state index contributed by atoms with van der Waals surface area (Å²) < 4.78 is 0. The van der Waals surface area contributed by atoms with Crippen LogP contribution < -0.4 is 5.48 Å². The van der Waals surface area contributed by atoms with Gasteiger partial charge in [-0.2, -0.15) is 0 Å². The lowest BCUT2D eigenvalue weighted by molar-refractivity contribution is -0.129. The summed E-state index contributed by atoms with van der Waals surface area (Å²) in [6, 6.07) is 0. The van der Waals surface area contributed by atoms with Crippen molar-refractivity contribution >= 4 is 17.5 Å². The Morgan fingerprint density at radius 2 is 1.05 bits per heavy atom. The summed E-state index contributed by atoms with van der Waals surface area (Å²) in [5.41, 5.74) is 1.67. The van der Waals surface area contributed by atoms with Crippen LogP contribution >= 0.6 is 11.6 Å². The highest BCUT2D eigenvalue weighted by molar-refractivity contribution is 6.17. The summed E-state index contributed by atoms with van der Waals surface area (Å²) >= 11 is 5.64. The molecule has 0 fully saturated rings. The molecule has 0 saturated carbocycles. The summed E-state index contributed by atoms with van der Waals surface area (Å²) in [5.74, 6) is 0.543. The molecule has 0 unspecified atom stereocenters. The van der Waals surface area contributed by atoms with E-state index in [4.69, 9.17) is 16.8 Å². The minimum absolute atomic E-state index is 0.268. The van der Waals surface area contributed by atoms with Crippen LogP contribution in [0.2, 0.25) is 0 Å². The Balaban J connectivity index is 2.97. The zero-order valence-corrected chi connectivity index (χ0v) is 13.6. The van der Waals surface area contributed by atoms with Gasteiger partial charge in [0.25, 0.3) is 0 Å². The summed E-state index contributed by atoms with van der Waals surface area (Å²) in [7, 11) is 0. The Hall–Kier alpha value is -0.280. The molecule has 0 rings (SSSR count). The third kappa shape index (κ3) is 15.8. The van der Waals surface area contributed by atoms with E-state index in [1.165, 1.54) is 70.6 Å². The van der Waals surface area contributed by atoms with E-state index in [1.54, 1.807) is 5.48 Å². The molecule has 0 aromatic carbocycles. The Bertz CT molecular complexity index is 213. The number of carbonyl (C=O) groups is 1. The number of nitrogens with one attached hydrogen (secondary N) is 1. The normalized spacial score (nSPS) is 10.7. The molecule has 0 radical (unpaired) electrons. The second-order valence-electron chi connectivity index (χ2n) is 5.57. The van der Waals surface area contributed by atoms with Gasteiger partial charge in [-0.3, -0.25) is 10.0 Å². The van der Waals surface area contributed by atoms with Gasteiger partial charge < -0.3 is 0 Å². The maximum atomic E-state index is 10.8. The van der Waals surface area contributed by atoms with E-state index in [1.807, 2.05) is 0 Å². The summed E-state index contributed by atoms with van der Waals surface area (Å²) in [4.78, 5) is 10.8. The topological polar surface area (TPSA) is 49.3 Å². The molecule has 120 valence electrons. The van der Waals surface area contributed by atoms with Crippen molar-refractivity contribution in [3.63, 3.8) is 0 Å². The molecule has 0 aromatic rings. The summed E-state index contributed by atoms with van der Waals surface area (Å²) in [6.45, 7) is 0. The Morgan fingerprint density at radius 3 is 1.40 bits per heavy atom. The first-order chi connectivity index (χ1) is 9.81. The second-order valence-corrected chi connectivity index (χ2v) is 5.95. The maximum absolute atomic E-state index is 10.8. The van der Waals surface area contributed by atoms with Crippen molar-refractivity contribution in [1.29, 1.82) is 0 Å². The molecule has 0 aliphatic carbocycles. The smallest absolute Gasteiger partial charge is 0.243 e. The minimum Gasteiger partial charge on any atom is -0.289 e. The number of unbranched alkanes of at least 4 members (excludes halogenated alkanes) is 12. The molecular weight excluding hydrogens is 274 g/mol. The lowest BCUT2D eigenvalue weighted by Gasteiger charge is -2.03. The number of hydrogen-bond acceptors (Lipinski definition) is 2. The van der Waals surface area contributed by atoms with Crippen molar-refractivity contribution in [3.8, 4) is 0 Å². The number of halogens is 1. The first kappa shape index (κ1) is 19.7. The predicted octanol–water partition coefficient (Wildman–Crippen LogP) is 5.19. The van der Waals surface area contributed by atoms with Gasteiger partial charge >= 0.3 is 0 Å². The summed E-state index contributed by atoms with van der Waals surface area (Å²) in [6.07, 6.45) is 16.8. The van der Waals surface area contributed by atoms with Crippen LogP contribution in [0.1, 0.15) is 89.9 Å². The molecule has 0 saturated heterocycles. The monoisotopic (exact) mass is 305 g/mol. The molecule has 0 bridgehead atoms. The quantitative estimate of drug-likeness (QED) is 0.189. The molecule has 3 nitrogen and oxygen atoms in total. The first-order valence-electron chi connectivity index (χ1n) is 8.30. The number of carbonyl (C=O) groups excluding carboxylic acids is 1. The standard InChI is InChI=1S/C16H32ClNO2/c17-15-13-11-9-7-5-3-1-2-4-6-8-10-12-14-16(19)18-20/h20H,1-15H2,(H,18,19). The van der Waals surface area contributed by atoms with Gasteiger partial charge in [0.2, 0.25) is 5.91 Å². The zero-order valence-electron chi connectivity index (χ0n) is 12.8. The van der Waals surface area contributed by atoms with E-state index in [9.17, 15) is 4.79 Å². The fourth-order valence-electron chi connectivity index (χ4n) is 2.38. The molecule has 20 heavy (non-hydrogen) atoms. The van der Waals surface area contributed by atoms with E-state index in [-0.39, 0.29) is 5.91 Å². The summed E-state index contributed by atoms with van der Waals surface area (Å²) in [5, 5.41) is 8.33. The van der Waals surface area contributed by atoms with Crippen LogP contribution in [0.4, 0.5) is 0 Å². The molecule has 4 heteroatoms.